The molecule has 2 nitrogen and oxygen atoms in total. The minimum atomic E-state index is -0.292. The summed E-state index contributed by atoms with van der Waals surface area (Å²) in [7, 11) is 0. The second kappa shape index (κ2) is 4.68. The SMILES string of the molecule is CCC(N=C=O)c1cc(C)cc(F)c1. The largest absolute Gasteiger partial charge is 0.235 e. The minimum Gasteiger partial charge on any atom is -0.211 e. The fourth-order valence-electron chi connectivity index (χ4n) is 1.42. The highest BCUT2D eigenvalue weighted by Gasteiger charge is 2.08. The van der Waals surface area contributed by atoms with Gasteiger partial charge in [0, 0.05) is 0 Å². The van der Waals surface area contributed by atoms with Gasteiger partial charge in [-0.25, -0.2) is 9.18 Å². The molecule has 0 bridgehead atoms. The van der Waals surface area contributed by atoms with E-state index in [4.69, 9.17) is 0 Å². The molecule has 1 aromatic rings. The molecule has 14 heavy (non-hydrogen) atoms. The highest BCUT2D eigenvalue weighted by atomic mass is 19.1. The van der Waals surface area contributed by atoms with Crippen molar-refractivity contribution in [1.29, 1.82) is 0 Å². The van der Waals surface area contributed by atoms with Crippen molar-refractivity contribution < 1.29 is 9.18 Å². The van der Waals surface area contributed by atoms with Crippen LogP contribution in [0.25, 0.3) is 0 Å². The van der Waals surface area contributed by atoms with Crippen molar-refractivity contribution in [2.24, 2.45) is 4.99 Å². The maximum Gasteiger partial charge on any atom is 0.235 e. The summed E-state index contributed by atoms with van der Waals surface area (Å²) >= 11 is 0. The number of isocyanates is 1. The lowest BCUT2D eigenvalue weighted by atomic mass is 10.0. The molecule has 0 aliphatic heterocycles. The predicted octanol–water partition coefficient (Wildman–Crippen LogP) is 2.92. The number of hydrogen-bond donors (Lipinski definition) is 0. The van der Waals surface area contributed by atoms with E-state index >= 15 is 0 Å². The molecule has 1 atom stereocenters. The maximum absolute atomic E-state index is 13.0. The van der Waals surface area contributed by atoms with E-state index in [1.807, 2.05) is 19.9 Å². The Hall–Kier alpha value is -1.47. The minimum absolute atomic E-state index is 0.276. The summed E-state index contributed by atoms with van der Waals surface area (Å²) in [6.45, 7) is 3.70. The number of nitrogens with zero attached hydrogens (tertiary/aromatic N) is 1. The van der Waals surface area contributed by atoms with Crippen LogP contribution >= 0.6 is 0 Å². The number of rotatable bonds is 3. The van der Waals surface area contributed by atoms with Crippen molar-refractivity contribution in [2.45, 2.75) is 26.3 Å². The Morgan fingerprint density at radius 3 is 2.71 bits per heavy atom. The van der Waals surface area contributed by atoms with Crippen LogP contribution in [0.3, 0.4) is 0 Å². The van der Waals surface area contributed by atoms with E-state index < -0.39 is 0 Å². The van der Waals surface area contributed by atoms with Gasteiger partial charge < -0.3 is 0 Å². The lowest BCUT2D eigenvalue weighted by molar-refractivity contribution is 0.555. The normalized spacial score (nSPS) is 11.9. The predicted molar refractivity (Wildman–Crippen MR) is 52.3 cm³/mol. The van der Waals surface area contributed by atoms with Gasteiger partial charge in [-0.15, -0.1) is 0 Å². The smallest absolute Gasteiger partial charge is 0.211 e. The van der Waals surface area contributed by atoms with Gasteiger partial charge in [0.15, 0.2) is 0 Å². The summed E-state index contributed by atoms with van der Waals surface area (Å²) in [6, 6.07) is 4.41. The van der Waals surface area contributed by atoms with Crippen LogP contribution in [0, 0.1) is 12.7 Å². The first-order chi connectivity index (χ1) is 6.67. The Morgan fingerprint density at radius 2 is 2.21 bits per heavy atom. The molecule has 1 rings (SSSR count). The number of aryl methyl sites for hydroxylation is 1. The van der Waals surface area contributed by atoms with Crippen LogP contribution in [-0.4, -0.2) is 6.08 Å². The van der Waals surface area contributed by atoms with Gasteiger partial charge in [0.05, 0.1) is 6.04 Å². The molecule has 0 saturated heterocycles. The highest BCUT2D eigenvalue weighted by molar-refractivity contribution is 5.36. The zero-order valence-corrected chi connectivity index (χ0v) is 8.25. The molecule has 0 radical (unpaired) electrons. The van der Waals surface area contributed by atoms with Crippen molar-refractivity contribution in [1.82, 2.24) is 0 Å². The van der Waals surface area contributed by atoms with Crippen molar-refractivity contribution in [3.05, 3.63) is 35.1 Å². The number of halogens is 1. The Morgan fingerprint density at radius 1 is 1.50 bits per heavy atom. The topological polar surface area (TPSA) is 29.4 Å². The molecule has 0 spiro atoms. The van der Waals surface area contributed by atoms with Crippen molar-refractivity contribution in [2.75, 3.05) is 0 Å². The monoisotopic (exact) mass is 193 g/mol. The molecule has 0 aliphatic carbocycles. The summed E-state index contributed by atoms with van der Waals surface area (Å²) in [5.41, 5.74) is 1.56. The molecule has 0 saturated carbocycles. The number of aliphatic imine (C=N–C) groups is 1. The molecule has 1 aromatic carbocycles. The van der Waals surface area contributed by atoms with Crippen LogP contribution in [0.1, 0.15) is 30.5 Å². The molecule has 0 aliphatic rings. The summed E-state index contributed by atoms with van der Waals surface area (Å²) in [6.07, 6.45) is 2.17. The van der Waals surface area contributed by atoms with E-state index in [2.05, 4.69) is 4.99 Å². The average molecular weight is 193 g/mol. The molecule has 74 valence electrons. The fraction of sp³-hybridized carbons (Fsp3) is 0.364. The zero-order valence-electron chi connectivity index (χ0n) is 8.25. The van der Waals surface area contributed by atoms with Gasteiger partial charge >= 0.3 is 0 Å². The van der Waals surface area contributed by atoms with Gasteiger partial charge in [0.25, 0.3) is 0 Å². The van der Waals surface area contributed by atoms with Crippen molar-refractivity contribution in [3.63, 3.8) is 0 Å². The van der Waals surface area contributed by atoms with Gasteiger partial charge in [0.2, 0.25) is 6.08 Å². The standard InChI is InChI=1S/C11H12FNO/c1-3-11(13-7-14)9-4-8(2)5-10(12)6-9/h4-6,11H,3H2,1-2H3. The van der Waals surface area contributed by atoms with Crippen LogP contribution in [0.15, 0.2) is 23.2 Å². The Balaban J connectivity index is 3.09. The Labute approximate surface area is 82.5 Å². The maximum atomic E-state index is 13.0. The summed E-state index contributed by atoms with van der Waals surface area (Å²) in [5, 5.41) is 0. The first-order valence-electron chi connectivity index (χ1n) is 4.51. The number of benzene rings is 1. The molecular weight excluding hydrogens is 181 g/mol. The second-order valence-corrected chi connectivity index (χ2v) is 3.21. The van der Waals surface area contributed by atoms with Crippen LogP contribution < -0.4 is 0 Å². The molecule has 0 aromatic heterocycles. The van der Waals surface area contributed by atoms with Crippen LogP contribution in [0.4, 0.5) is 4.39 Å². The fourth-order valence-corrected chi connectivity index (χ4v) is 1.42. The highest BCUT2D eigenvalue weighted by Crippen LogP contribution is 2.22. The van der Waals surface area contributed by atoms with Gasteiger partial charge in [-0.1, -0.05) is 13.0 Å². The summed E-state index contributed by atoms with van der Waals surface area (Å²) in [5.74, 6) is -0.292. The molecule has 0 heterocycles. The molecule has 1 unspecified atom stereocenters. The first-order valence-corrected chi connectivity index (χ1v) is 4.51. The summed E-state index contributed by atoms with van der Waals surface area (Å²) < 4.78 is 13.0. The van der Waals surface area contributed by atoms with E-state index in [0.717, 1.165) is 11.1 Å². The number of carbonyl (C=O) groups excluding carboxylic acids is 1. The zero-order chi connectivity index (χ0) is 10.6. The molecule has 0 fully saturated rings. The van der Waals surface area contributed by atoms with E-state index in [1.54, 1.807) is 0 Å². The lowest BCUT2D eigenvalue weighted by Gasteiger charge is -2.08. The third-order valence-corrected chi connectivity index (χ3v) is 2.04. The molecular formula is C11H12FNO. The van der Waals surface area contributed by atoms with Gasteiger partial charge in [-0.05, 0) is 36.6 Å². The van der Waals surface area contributed by atoms with Gasteiger partial charge in [-0.2, -0.15) is 4.99 Å². The third-order valence-electron chi connectivity index (χ3n) is 2.04. The van der Waals surface area contributed by atoms with Crippen molar-refractivity contribution in [3.8, 4) is 0 Å². The number of hydrogen-bond acceptors (Lipinski definition) is 2. The Bertz CT molecular complexity index is 349. The molecule has 3 heteroatoms. The van der Waals surface area contributed by atoms with Crippen molar-refractivity contribution >= 4 is 6.08 Å². The van der Waals surface area contributed by atoms with E-state index in [9.17, 15) is 9.18 Å². The van der Waals surface area contributed by atoms with Crippen LogP contribution in [-0.2, 0) is 4.79 Å². The van der Waals surface area contributed by atoms with E-state index in [0.29, 0.717) is 6.42 Å². The second-order valence-electron chi connectivity index (χ2n) is 3.21. The van der Waals surface area contributed by atoms with Gasteiger partial charge in [0.1, 0.15) is 5.82 Å². The van der Waals surface area contributed by atoms with E-state index in [1.165, 1.54) is 18.2 Å². The third kappa shape index (κ3) is 2.51. The average Bonchev–Trinajstić information content (AvgIpc) is 2.12. The summed E-state index contributed by atoms with van der Waals surface area (Å²) in [4.78, 5) is 13.8. The van der Waals surface area contributed by atoms with Gasteiger partial charge in [-0.3, -0.25) is 0 Å². The quantitative estimate of drug-likeness (QED) is 0.536. The van der Waals surface area contributed by atoms with Crippen LogP contribution in [0.2, 0.25) is 0 Å². The first kappa shape index (κ1) is 10.6. The van der Waals surface area contributed by atoms with Crippen LogP contribution in [0.5, 0.6) is 0 Å². The van der Waals surface area contributed by atoms with E-state index in [-0.39, 0.29) is 11.9 Å². The molecule has 0 amide bonds. The molecule has 0 N–H and O–H groups in total. The Kier molecular flexibility index (Phi) is 3.55. The lowest BCUT2D eigenvalue weighted by Crippen LogP contribution is -1.95.